The van der Waals surface area contributed by atoms with Crippen LogP contribution in [0.2, 0.25) is 0 Å². The molecule has 5 heteroatoms. The first kappa shape index (κ1) is 11.9. The number of carbonyl (C=O) groups is 2. The summed E-state index contributed by atoms with van der Waals surface area (Å²) < 4.78 is 4.75. The summed E-state index contributed by atoms with van der Waals surface area (Å²) >= 11 is 0. The van der Waals surface area contributed by atoms with Crippen LogP contribution in [0.4, 0.5) is 0 Å². The highest BCUT2D eigenvalue weighted by Crippen LogP contribution is 2.09. The Kier molecular flexibility index (Phi) is 3.87. The van der Waals surface area contributed by atoms with Crippen LogP contribution < -0.4 is 0 Å². The second-order valence-electron chi connectivity index (χ2n) is 3.65. The van der Waals surface area contributed by atoms with Crippen LogP contribution in [0.3, 0.4) is 0 Å². The lowest BCUT2D eigenvalue weighted by molar-refractivity contribution is -0.168. The van der Waals surface area contributed by atoms with Gasteiger partial charge in [0.15, 0.2) is 6.10 Å². The predicted octanol–water partition coefficient (Wildman–Crippen LogP) is 0.164. The van der Waals surface area contributed by atoms with Gasteiger partial charge in [0.05, 0.1) is 6.42 Å². The van der Waals surface area contributed by atoms with Crippen LogP contribution in [-0.4, -0.2) is 33.9 Å². The monoisotopic (exact) mass is 190 g/mol. The topological polar surface area (TPSA) is 83.8 Å². The van der Waals surface area contributed by atoms with E-state index in [-0.39, 0.29) is 0 Å². The summed E-state index contributed by atoms with van der Waals surface area (Å²) in [6.07, 6.45) is -2.22. The predicted molar refractivity (Wildman–Crippen MR) is 44.1 cm³/mol. The van der Waals surface area contributed by atoms with E-state index in [2.05, 4.69) is 0 Å². The van der Waals surface area contributed by atoms with Gasteiger partial charge in [-0.3, -0.25) is 4.79 Å². The molecule has 5 nitrogen and oxygen atoms in total. The van der Waals surface area contributed by atoms with E-state index in [1.807, 2.05) is 0 Å². The fourth-order valence-corrected chi connectivity index (χ4v) is 0.619. The molecule has 0 heterocycles. The zero-order chi connectivity index (χ0) is 10.6. The maximum Gasteiger partial charge on any atom is 0.336 e. The molecule has 0 saturated carbocycles. The summed E-state index contributed by atoms with van der Waals surface area (Å²) in [6, 6.07) is 0. The molecule has 0 spiro atoms. The second kappa shape index (κ2) is 4.23. The molecule has 0 rings (SSSR count). The number of ether oxygens (including phenoxy) is 1. The zero-order valence-electron chi connectivity index (χ0n) is 7.90. The standard InChI is InChI=1S/C8H14O5/c1-8(2,3)13-7(12)5(9)4-6(10)11/h5,9H,4H2,1-3H3,(H,10,11)/t5-/m1/s1. The minimum atomic E-state index is -1.59. The highest BCUT2D eigenvalue weighted by molar-refractivity contribution is 5.80. The molecule has 76 valence electrons. The first-order chi connectivity index (χ1) is 5.72. The number of aliphatic hydroxyl groups excluding tert-OH is 1. The molecule has 0 radical (unpaired) electrons. The average Bonchev–Trinajstić information content (AvgIpc) is 1.81. The zero-order valence-corrected chi connectivity index (χ0v) is 7.90. The summed E-state index contributed by atoms with van der Waals surface area (Å²) in [5.41, 5.74) is -0.712. The third-order valence-electron chi connectivity index (χ3n) is 1.05. The maximum atomic E-state index is 11.0. The summed E-state index contributed by atoms with van der Waals surface area (Å²) in [4.78, 5) is 21.1. The SMILES string of the molecule is CC(C)(C)OC(=O)[C@H](O)CC(=O)O. The quantitative estimate of drug-likeness (QED) is 0.619. The Morgan fingerprint density at radius 3 is 2.15 bits per heavy atom. The van der Waals surface area contributed by atoms with Gasteiger partial charge in [-0.1, -0.05) is 0 Å². The largest absolute Gasteiger partial charge is 0.481 e. The number of aliphatic carboxylic acids is 1. The molecule has 0 aliphatic carbocycles. The summed E-state index contributed by atoms with van der Waals surface area (Å²) in [6.45, 7) is 4.91. The van der Waals surface area contributed by atoms with E-state index in [9.17, 15) is 9.59 Å². The van der Waals surface area contributed by atoms with Crippen molar-refractivity contribution in [3.63, 3.8) is 0 Å². The first-order valence-electron chi connectivity index (χ1n) is 3.85. The van der Waals surface area contributed by atoms with Crippen molar-refractivity contribution >= 4 is 11.9 Å². The van der Waals surface area contributed by atoms with E-state index >= 15 is 0 Å². The van der Waals surface area contributed by atoms with Crippen molar-refractivity contribution in [2.24, 2.45) is 0 Å². The fraction of sp³-hybridized carbons (Fsp3) is 0.750. The van der Waals surface area contributed by atoms with Crippen molar-refractivity contribution in [3.8, 4) is 0 Å². The van der Waals surface area contributed by atoms with Gasteiger partial charge in [0.1, 0.15) is 5.60 Å². The first-order valence-corrected chi connectivity index (χ1v) is 3.85. The van der Waals surface area contributed by atoms with E-state index in [1.54, 1.807) is 20.8 Å². The average molecular weight is 190 g/mol. The van der Waals surface area contributed by atoms with Gasteiger partial charge in [-0.05, 0) is 20.8 Å². The molecule has 2 N–H and O–H groups in total. The van der Waals surface area contributed by atoms with Gasteiger partial charge in [0, 0.05) is 0 Å². The minimum absolute atomic E-state index is 0.630. The molecule has 0 aromatic heterocycles. The molecule has 13 heavy (non-hydrogen) atoms. The second-order valence-corrected chi connectivity index (χ2v) is 3.65. The van der Waals surface area contributed by atoms with Crippen LogP contribution in [-0.2, 0) is 14.3 Å². The molecule has 1 atom stereocenters. The van der Waals surface area contributed by atoms with Crippen LogP contribution in [0.15, 0.2) is 0 Å². The summed E-state index contributed by atoms with van der Waals surface area (Å²) in [7, 11) is 0. The van der Waals surface area contributed by atoms with Crippen molar-refractivity contribution < 1.29 is 24.5 Å². The van der Waals surface area contributed by atoms with Crippen LogP contribution in [0.5, 0.6) is 0 Å². The number of esters is 1. The van der Waals surface area contributed by atoms with Crippen molar-refractivity contribution in [2.75, 3.05) is 0 Å². The van der Waals surface area contributed by atoms with Gasteiger partial charge in [-0.2, -0.15) is 0 Å². The van der Waals surface area contributed by atoms with Crippen molar-refractivity contribution in [1.29, 1.82) is 0 Å². The Hall–Kier alpha value is -1.10. The molecule has 0 aliphatic heterocycles. The van der Waals surface area contributed by atoms with E-state index < -0.39 is 30.1 Å². The van der Waals surface area contributed by atoms with E-state index in [1.165, 1.54) is 0 Å². The van der Waals surface area contributed by atoms with E-state index in [4.69, 9.17) is 14.9 Å². The van der Waals surface area contributed by atoms with Gasteiger partial charge in [-0.15, -0.1) is 0 Å². The van der Waals surface area contributed by atoms with Crippen LogP contribution in [0, 0.1) is 0 Å². The third-order valence-corrected chi connectivity index (χ3v) is 1.05. The number of carbonyl (C=O) groups excluding carboxylic acids is 1. The Bertz CT molecular complexity index is 203. The molecule has 0 bridgehead atoms. The van der Waals surface area contributed by atoms with Crippen molar-refractivity contribution in [2.45, 2.75) is 38.9 Å². The van der Waals surface area contributed by atoms with Gasteiger partial charge in [0.25, 0.3) is 0 Å². The molecule has 0 aliphatic rings. The lowest BCUT2D eigenvalue weighted by Gasteiger charge is -2.21. The summed E-state index contributed by atoms with van der Waals surface area (Å²) in [5, 5.41) is 17.3. The lowest BCUT2D eigenvalue weighted by Crippen LogP contribution is -2.33. The Labute approximate surface area is 76.3 Å². The molecule has 0 amide bonds. The minimum Gasteiger partial charge on any atom is -0.481 e. The normalized spacial score (nSPS) is 13.5. The van der Waals surface area contributed by atoms with Crippen LogP contribution in [0.1, 0.15) is 27.2 Å². The van der Waals surface area contributed by atoms with E-state index in [0.29, 0.717) is 0 Å². The smallest absolute Gasteiger partial charge is 0.336 e. The third kappa shape index (κ3) is 6.10. The number of carboxylic acids is 1. The Morgan fingerprint density at radius 1 is 1.38 bits per heavy atom. The highest BCUT2D eigenvalue weighted by atomic mass is 16.6. The lowest BCUT2D eigenvalue weighted by atomic mass is 10.2. The number of rotatable bonds is 3. The maximum absolute atomic E-state index is 11.0. The molecule has 0 aromatic rings. The number of aliphatic hydroxyl groups is 1. The molecule has 0 saturated heterocycles. The number of hydrogen-bond donors (Lipinski definition) is 2. The van der Waals surface area contributed by atoms with Crippen molar-refractivity contribution in [1.82, 2.24) is 0 Å². The van der Waals surface area contributed by atoms with Gasteiger partial charge < -0.3 is 14.9 Å². The van der Waals surface area contributed by atoms with E-state index in [0.717, 1.165) is 0 Å². The van der Waals surface area contributed by atoms with Crippen LogP contribution >= 0.6 is 0 Å². The number of carboxylic acid groups (broad SMARTS) is 1. The van der Waals surface area contributed by atoms with Crippen molar-refractivity contribution in [3.05, 3.63) is 0 Å². The Balaban J connectivity index is 4.05. The molecule has 0 fully saturated rings. The summed E-state index contributed by atoms with van der Waals surface area (Å²) in [5.74, 6) is -2.15. The molecular formula is C8H14O5. The van der Waals surface area contributed by atoms with Crippen LogP contribution in [0.25, 0.3) is 0 Å². The molecular weight excluding hydrogens is 176 g/mol. The van der Waals surface area contributed by atoms with Gasteiger partial charge in [-0.25, -0.2) is 4.79 Å². The fourth-order valence-electron chi connectivity index (χ4n) is 0.619. The highest BCUT2D eigenvalue weighted by Gasteiger charge is 2.24. The Morgan fingerprint density at radius 2 is 1.85 bits per heavy atom. The molecule has 0 aromatic carbocycles. The number of hydrogen-bond acceptors (Lipinski definition) is 4. The van der Waals surface area contributed by atoms with Gasteiger partial charge >= 0.3 is 11.9 Å². The van der Waals surface area contributed by atoms with Gasteiger partial charge in [0.2, 0.25) is 0 Å². The molecule has 0 unspecified atom stereocenters.